The molecule has 1 amide bonds. The number of Topliss-reactive ketones (excluding diaryl/α,β-unsaturated/α-hetero) is 1. The second kappa shape index (κ2) is 10.4. The minimum Gasteiger partial charge on any atom is -0.331 e. The van der Waals surface area contributed by atoms with Crippen molar-refractivity contribution in [2.45, 2.75) is 31.5 Å². The van der Waals surface area contributed by atoms with Gasteiger partial charge in [0.2, 0.25) is 5.91 Å². The highest BCUT2D eigenvalue weighted by molar-refractivity contribution is 7.99. The standard InChI is InChI=1S/C23H27N5O2S/c1-5-20(27(3)4)22-25-26-23(28(22)19-9-7-6-8-10-19)31-15-21(30)24-18-13-11-17(12-14-18)16(2)29/h6-14,20H,5,15H2,1-4H3,(H,24,30)/p+1/t20-/m0/s1. The summed E-state index contributed by atoms with van der Waals surface area (Å²) >= 11 is 1.35. The van der Waals surface area contributed by atoms with Gasteiger partial charge in [-0.1, -0.05) is 36.9 Å². The maximum atomic E-state index is 12.5. The number of benzene rings is 2. The Bertz CT molecular complexity index is 1030. The summed E-state index contributed by atoms with van der Waals surface area (Å²) in [6.07, 6.45) is 0.925. The number of hydrogen-bond acceptors (Lipinski definition) is 5. The molecule has 7 nitrogen and oxygen atoms in total. The van der Waals surface area contributed by atoms with Gasteiger partial charge >= 0.3 is 0 Å². The van der Waals surface area contributed by atoms with E-state index in [1.165, 1.54) is 23.6 Å². The van der Waals surface area contributed by atoms with Crippen LogP contribution in [0.4, 0.5) is 5.69 Å². The largest absolute Gasteiger partial charge is 0.331 e. The Morgan fingerprint density at radius 3 is 2.32 bits per heavy atom. The summed E-state index contributed by atoms with van der Waals surface area (Å²) in [6.45, 7) is 3.65. The molecule has 0 spiro atoms. The lowest BCUT2D eigenvalue weighted by Crippen LogP contribution is -3.06. The molecule has 31 heavy (non-hydrogen) atoms. The van der Waals surface area contributed by atoms with Gasteiger partial charge in [0.1, 0.15) is 6.04 Å². The zero-order chi connectivity index (χ0) is 22.4. The molecule has 0 aliphatic rings. The first-order chi connectivity index (χ1) is 14.9. The van der Waals surface area contributed by atoms with Gasteiger partial charge in [0.15, 0.2) is 16.8 Å². The molecule has 8 heteroatoms. The van der Waals surface area contributed by atoms with Gasteiger partial charge in [0.05, 0.1) is 19.8 Å². The normalized spacial score (nSPS) is 12.0. The molecule has 1 atom stereocenters. The smallest absolute Gasteiger partial charge is 0.234 e. The van der Waals surface area contributed by atoms with Crippen LogP contribution in [0.2, 0.25) is 0 Å². The predicted molar refractivity (Wildman–Crippen MR) is 123 cm³/mol. The summed E-state index contributed by atoms with van der Waals surface area (Å²) in [4.78, 5) is 25.2. The molecule has 0 fully saturated rings. The molecule has 2 aromatic carbocycles. The van der Waals surface area contributed by atoms with Gasteiger partial charge in [-0.25, -0.2) is 0 Å². The van der Waals surface area contributed by atoms with Crippen LogP contribution in [0.1, 0.15) is 42.5 Å². The van der Waals surface area contributed by atoms with E-state index in [2.05, 4.69) is 36.5 Å². The Balaban J connectivity index is 1.77. The molecule has 0 bridgehead atoms. The van der Waals surface area contributed by atoms with Crippen molar-refractivity contribution in [1.82, 2.24) is 14.8 Å². The molecule has 162 valence electrons. The third kappa shape index (κ3) is 5.59. The average Bonchev–Trinajstić information content (AvgIpc) is 3.17. The van der Waals surface area contributed by atoms with E-state index in [0.29, 0.717) is 16.4 Å². The maximum Gasteiger partial charge on any atom is 0.234 e. The Labute approximate surface area is 186 Å². The topological polar surface area (TPSA) is 81.3 Å². The van der Waals surface area contributed by atoms with Gasteiger partial charge < -0.3 is 10.2 Å². The van der Waals surface area contributed by atoms with Crippen molar-refractivity contribution in [3.8, 4) is 5.69 Å². The lowest BCUT2D eigenvalue weighted by Gasteiger charge is -2.20. The van der Waals surface area contributed by atoms with Crippen LogP contribution in [0.5, 0.6) is 0 Å². The predicted octanol–water partition coefficient (Wildman–Crippen LogP) is 2.80. The fourth-order valence-corrected chi connectivity index (χ4v) is 4.14. The summed E-state index contributed by atoms with van der Waals surface area (Å²) in [7, 11) is 4.21. The van der Waals surface area contributed by atoms with Gasteiger partial charge in [-0.2, -0.15) is 0 Å². The fraction of sp³-hybridized carbons (Fsp3) is 0.304. The molecule has 0 aliphatic heterocycles. The quantitative estimate of drug-likeness (QED) is 0.397. The van der Waals surface area contributed by atoms with E-state index < -0.39 is 0 Å². The Morgan fingerprint density at radius 2 is 1.74 bits per heavy atom. The van der Waals surface area contributed by atoms with E-state index >= 15 is 0 Å². The lowest BCUT2D eigenvalue weighted by atomic mass is 10.1. The lowest BCUT2D eigenvalue weighted by molar-refractivity contribution is -0.893. The summed E-state index contributed by atoms with van der Waals surface area (Å²) in [5.41, 5.74) is 2.25. The Morgan fingerprint density at radius 1 is 1.06 bits per heavy atom. The number of thioether (sulfide) groups is 1. The zero-order valence-corrected chi connectivity index (χ0v) is 19.1. The highest BCUT2D eigenvalue weighted by Crippen LogP contribution is 2.25. The minimum absolute atomic E-state index is 0.00516. The molecular weight excluding hydrogens is 410 g/mol. The van der Waals surface area contributed by atoms with Gasteiger partial charge in [-0.15, -0.1) is 10.2 Å². The van der Waals surface area contributed by atoms with Crippen LogP contribution in [-0.2, 0) is 4.79 Å². The SMILES string of the molecule is CC[C@@H](c1nnc(SCC(=O)Nc2ccc(C(C)=O)cc2)n1-c1ccccc1)[NH+](C)C. The van der Waals surface area contributed by atoms with Crippen LogP contribution in [0, 0.1) is 0 Å². The molecule has 1 heterocycles. The number of ketones is 1. The van der Waals surface area contributed by atoms with E-state index in [0.717, 1.165) is 17.9 Å². The second-order valence-electron chi connectivity index (χ2n) is 7.52. The van der Waals surface area contributed by atoms with Crippen molar-refractivity contribution >= 4 is 29.1 Å². The number of rotatable bonds is 9. The van der Waals surface area contributed by atoms with Crippen molar-refractivity contribution in [2.24, 2.45) is 0 Å². The number of nitrogens with one attached hydrogen (secondary N) is 2. The maximum absolute atomic E-state index is 12.5. The van der Waals surface area contributed by atoms with Crippen molar-refractivity contribution in [3.05, 3.63) is 66.0 Å². The molecule has 0 saturated heterocycles. The highest BCUT2D eigenvalue weighted by atomic mass is 32.2. The van der Waals surface area contributed by atoms with Crippen LogP contribution in [0.15, 0.2) is 59.8 Å². The molecule has 3 rings (SSSR count). The number of quaternary nitrogens is 1. The van der Waals surface area contributed by atoms with Crippen LogP contribution in [0.25, 0.3) is 5.69 Å². The van der Waals surface area contributed by atoms with Crippen molar-refractivity contribution < 1.29 is 14.5 Å². The number of nitrogens with zero attached hydrogens (tertiary/aromatic N) is 3. The van der Waals surface area contributed by atoms with Gasteiger partial charge in [0, 0.05) is 23.4 Å². The minimum atomic E-state index is -0.144. The number of para-hydroxylation sites is 1. The summed E-state index contributed by atoms with van der Waals surface area (Å²) in [6, 6.07) is 17.0. The average molecular weight is 439 g/mol. The van der Waals surface area contributed by atoms with Gasteiger partial charge in [-0.05, 0) is 43.3 Å². The van der Waals surface area contributed by atoms with E-state index in [-0.39, 0.29) is 23.5 Å². The monoisotopic (exact) mass is 438 g/mol. The number of anilines is 1. The molecule has 0 radical (unpaired) electrons. The molecule has 0 unspecified atom stereocenters. The van der Waals surface area contributed by atoms with E-state index in [4.69, 9.17) is 0 Å². The number of aromatic nitrogens is 3. The zero-order valence-electron chi connectivity index (χ0n) is 18.3. The first-order valence-corrected chi connectivity index (χ1v) is 11.2. The van der Waals surface area contributed by atoms with Gasteiger partial charge in [0.25, 0.3) is 0 Å². The molecule has 1 aromatic heterocycles. The number of carbonyl (C=O) groups excluding carboxylic acids is 2. The van der Waals surface area contributed by atoms with Crippen molar-refractivity contribution in [3.63, 3.8) is 0 Å². The molecule has 0 aliphatic carbocycles. The molecule has 0 saturated carbocycles. The molecule has 2 N–H and O–H groups in total. The highest BCUT2D eigenvalue weighted by Gasteiger charge is 2.26. The summed E-state index contributed by atoms with van der Waals surface area (Å²) < 4.78 is 2.04. The van der Waals surface area contributed by atoms with E-state index in [1.807, 2.05) is 34.9 Å². The first kappa shape index (κ1) is 22.7. The number of amides is 1. The van der Waals surface area contributed by atoms with Gasteiger partial charge in [-0.3, -0.25) is 14.2 Å². The van der Waals surface area contributed by atoms with Crippen LogP contribution in [-0.4, -0.2) is 46.3 Å². The van der Waals surface area contributed by atoms with Crippen molar-refractivity contribution in [2.75, 3.05) is 25.2 Å². The number of carbonyl (C=O) groups is 2. The second-order valence-corrected chi connectivity index (χ2v) is 8.46. The first-order valence-electron chi connectivity index (χ1n) is 10.2. The third-order valence-corrected chi connectivity index (χ3v) is 5.93. The summed E-state index contributed by atoms with van der Waals surface area (Å²) in [5, 5.41) is 12.4. The number of hydrogen-bond donors (Lipinski definition) is 2. The third-order valence-electron chi connectivity index (χ3n) is 5.00. The van der Waals surface area contributed by atoms with E-state index in [1.54, 1.807) is 24.3 Å². The van der Waals surface area contributed by atoms with Crippen LogP contribution < -0.4 is 10.2 Å². The van der Waals surface area contributed by atoms with Crippen LogP contribution in [0.3, 0.4) is 0 Å². The van der Waals surface area contributed by atoms with E-state index in [9.17, 15) is 9.59 Å². The summed E-state index contributed by atoms with van der Waals surface area (Å²) in [5.74, 6) is 0.936. The fourth-order valence-electron chi connectivity index (χ4n) is 3.38. The van der Waals surface area contributed by atoms with Crippen LogP contribution >= 0.6 is 11.8 Å². The van der Waals surface area contributed by atoms with Crippen molar-refractivity contribution in [1.29, 1.82) is 0 Å². The molecular formula is C23H28N5O2S+. The Kier molecular flexibility index (Phi) is 7.59. The molecule has 3 aromatic rings. The Hall–Kier alpha value is -2.97.